The molecular formula is C18H22ClN3O3S. The second kappa shape index (κ2) is 8.07. The van der Waals surface area contributed by atoms with Gasteiger partial charge in [-0.25, -0.2) is 12.7 Å². The van der Waals surface area contributed by atoms with Crippen LogP contribution in [0.2, 0.25) is 5.02 Å². The fourth-order valence-corrected chi connectivity index (χ4v) is 3.53. The Morgan fingerprint density at radius 1 is 1.08 bits per heavy atom. The maximum absolute atomic E-state index is 12.4. The van der Waals surface area contributed by atoms with Gasteiger partial charge in [-0.2, -0.15) is 0 Å². The number of amides is 1. The molecule has 0 unspecified atom stereocenters. The number of carbonyl (C=O) groups is 1. The molecule has 0 saturated heterocycles. The molecular weight excluding hydrogens is 374 g/mol. The van der Waals surface area contributed by atoms with Crippen LogP contribution in [-0.4, -0.2) is 38.8 Å². The quantitative estimate of drug-likeness (QED) is 0.786. The topological polar surface area (TPSA) is 78.5 Å². The lowest BCUT2D eigenvalue weighted by Gasteiger charge is -2.18. The summed E-state index contributed by atoms with van der Waals surface area (Å²) in [5.74, 6) is -0.245. The molecule has 2 N–H and O–H groups in total. The molecule has 0 bridgehead atoms. The van der Waals surface area contributed by atoms with E-state index in [0.717, 1.165) is 4.31 Å². The Labute approximate surface area is 159 Å². The standard InChI is InChI=1S/C18H22ClN3O3S/c1-12-5-8-16(11-17(12)26(24,25)22(3)4)20-13(2)18(23)21-15-9-6-14(19)7-10-15/h5-11,13,20H,1-4H3,(H,21,23)/t13-/m0/s1. The first-order valence-corrected chi connectivity index (χ1v) is 9.79. The van der Waals surface area contributed by atoms with Crippen molar-refractivity contribution in [3.63, 3.8) is 0 Å². The third-order valence-corrected chi connectivity index (χ3v) is 6.04. The first-order chi connectivity index (χ1) is 12.1. The molecule has 1 atom stereocenters. The molecule has 1 amide bonds. The average Bonchev–Trinajstić information content (AvgIpc) is 2.58. The summed E-state index contributed by atoms with van der Waals surface area (Å²) in [7, 11) is -0.592. The summed E-state index contributed by atoms with van der Waals surface area (Å²) in [6, 6.07) is 11.2. The minimum atomic E-state index is -3.56. The molecule has 0 radical (unpaired) electrons. The van der Waals surface area contributed by atoms with Crippen LogP contribution in [0.4, 0.5) is 11.4 Å². The fraction of sp³-hybridized carbons (Fsp3) is 0.278. The molecule has 0 aliphatic heterocycles. The Morgan fingerprint density at radius 3 is 2.23 bits per heavy atom. The largest absolute Gasteiger partial charge is 0.374 e. The second-order valence-corrected chi connectivity index (χ2v) is 8.69. The lowest BCUT2D eigenvalue weighted by Crippen LogP contribution is -2.32. The van der Waals surface area contributed by atoms with E-state index in [1.807, 2.05) is 0 Å². The molecule has 8 heteroatoms. The Bertz CT molecular complexity index is 896. The molecule has 0 saturated carbocycles. The van der Waals surface area contributed by atoms with Crippen molar-refractivity contribution in [2.75, 3.05) is 24.7 Å². The molecule has 0 spiro atoms. The van der Waals surface area contributed by atoms with E-state index in [-0.39, 0.29) is 10.8 Å². The van der Waals surface area contributed by atoms with Crippen molar-refractivity contribution < 1.29 is 13.2 Å². The summed E-state index contributed by atoms with van der Waals surface area (Å²) in [5.41, 5.74) is 1.82. The molecule has 2 aromatic rings. The van der Waals surface area contributed by atoms with Crippen LogP contribution < -0.4 is 10.6 Å². The maximum Gasteiger partial charge on any atom is 0.246 e. The van der Waals surface area contributed by atoms with Crippen molar-refractivity contribution in [2.45, 2.75) is 24.8 Å². The number of halogens is 1. The van der Waals surface area contributed by atoms with Crippen LogP contribution in [0.5, 0.6) is 0 Å². The lowest BCUT2D eigenvalue weighted by atomic mass is 10.2. The van der Waals surface area contributed by atoms with Crippen molar-refractivity contribution in [2.24, 2.45) is 0 Å². The predicted octanol–water partition coefficient (Wildman–Crippen LogP) is 3.34. The van der Waals surface area contributed by atoms with Gasteiger partial charge in [-0.1, -0.05) is 17.7 Å². The number of rotatable bonds is 6. The van der Waals surface area contributed by atoms with E-state index in [0.29, 0.717) is 22.0 Å². The molecule has 0 aliphatic rings. The van der Waals surface area contributed by atoms with Crippen molar-refractivity contribution in [3.05, 3.63) is 53.1 Å². The second-order valence-electron chi connectivity index (χ2n) is 6.13. The van der Waals surface area contributed by atoms with Gasteiger partial charge in [-0.05, 0) is 55.8 Å². The normalized spacial score (nSPS) is 12.7. The molecule has 2 aromatic carbocycles. The van der Waals surface area contributed by atoms with Crippen molar-refractivity contribution >= 4 is 38.9 Å². The predicted molar refractivity (Wildman–Crippen MR) is 105 cm³/mol. The van der Waals surface area contributed by atoms with Crippen LogP contribution >= 0.6 is 11.6 Å². The minimum absolute atomic E-state index is 0.206. The Kier molecular flexibility index (Phi) is 6.28. The zero-order valence-corrected chi connectivity index (χ0v) is 16.6. The number of nitrogens with zero attached hydrogens (tertiary/aromatic N) is 1. The van der Waals surface area contributed by atoms with E-state index in [2.05, 4.69) is 10.6 Å². The number of anilines is 2. The molecule has 2 rings (SSSR count). The number of hydrogen-bond donors (Lipinski definition) is 2. The van der Waals surface area contributed by atoms with E-state index in [1.54, 1.807) is 50.2 Å². The van der Waals surface area contributed by atoms with Crippen LogP contribution in [0.3, 0.4) is 0 Å². The van der Waals surface area contributed by atoms with Crippen LogP contribution in [0.1, 0.15) is 12.5 Å². The van der Waals surface area contributed by atoms with E-state index in [9.17, 15) is 13.2 Å². The lowest BCUT2D eigenvalue weighted by molar-refractivity contribution is -0.116. The van der Waals surface area contributed by atoms with Gasteiger partial charge in [0.05, 0.1) is 4.90 Å². The molecule has 6 nitrogen and oxygen atoms in total. The first-order valence-electron chi connectivity index (χ1n) is 7.97. The number of benzene rings is 2. The number of nitrogens with one attached hydrogen (secondary N) is 2. The van der Waals surface area contributed by atoms with Crippen molar-refractivity contribution in [1.29, 1.82) is 0 Å². The monoisotopic (exact) mass is 395 g/mol. The maximum atomic E-state index is 12.4. The molecule has 26 heavy (non-hydrogen) atoms. The van der Waals surface area contributed by atoms with Crippen LogP contribution in [-0.2, 0) is 14.8 Å². The third-order valence-electron chi connectivity index (χ3n) is 3.83. The molecule has 0 aliphatic carbocycles. The number of carbonyl (C=O) groups excluding carboxylic acids is 1. The number of aryl methyl sites for hydroxylation is 1. The van der Waals surface area contributed by atoms with E-state index < -0.39 is 16.1 Å². The zero-order valence-electron chi connectivity index (χ0n) is 15.1. The number of sulfonamides is 1. The summed E-state index contributed by atoms with van der Waals surface area (Å²) < 4.78 is 26.0. The van der Waals surface area contributed by atoms with Gasteiger partial charge in [-0.3, -0.25) is 4.79 Å². The summed E-state index contributed by atoms with van der Waals surface area (Å²) in [5, 5.41) is 6.39. The van der Waals surface area contributed by atoms with E-state index in [1.165, 1.54) is 20.2 Å². The van der Waals surface area contributed by atoms with Crippen molar-refractivity contribution in [3.8, 4) is 0 Å². The smallest absolute Gasteiger partial charge is 0.246 e. The molecule has 0 fully saturated rings. The molecule has 0 heterocycles. The Morgan fingerprint density at radius 2 is 1.65 bits per heavy atom. The summed E-state index contributed by atoms with van der Waals surface area (Å²) >= 11 is 5.83. The van der Waals surface area contributed by atoms with Crippen molar-refractivity contribution in [1.82, 2.24) is 4.31 Å². The van der Waals surface area contributed by atoms with E-state index >= 15 is 0 Å². The highest BCUT2D eigenvalue weighted by Crippen LogP contribution is 2.23. The fourth-order valence-electron chi connectivity index (χ4n) is 2.26. The van der Waals surface area contributed by atoms with Gasteiger partial charge in [0.15, 0.2) is 0 Å². The van der Waals surface area contributed by atoms with Crippen LogP contribution in [0.25, 0.3) is 0 Å². The van der Waals surface area contributed by atoms with Gasteiger partial charge in [-0.15, -0.1) is 0 Å². The Hall–Kier alpha value is -2.09. The average molecular weight is 396 g/mol. The van der Waals surface area contributed by atoms with Crippen LogP contribution in [0, 0.1) is 6.92 Å². The van der Waals surface area contributed by atoms with Crippen LogP contribution in [0.15, 0.2) is 47.4 Å². The van der Waals surface area contributed by atoms with Gasteiger partial charge in [0.1, 0.15) is 6.04 Å². The summed E-state index contributed by atoms with van der Waals surface area (Å²) in [6.45, 7) is 3.43. The van der Waals surface area contributed by atoms with Gasteiger partial charge < -0.3 is 10.6 Å². The SMILES string of the molecule is Cc1ccc(N[C@@H](C)C(=O)Nc2ccc(Cl)cc2)cc1S(=O)(=O)N(C)C. The summed E-state index contributed by atoms with van der Waals surface area (Å²) in [4.78, 5) is 12.5. The highest BCUT2D eigenvalue weighted by atomic mass is 35.5. The third kappa shape index (κ3) is 4.75. The first kappa shape index (κ1) is 20.2. The molecule has 0 aromatic heterocycles. The Balaban J connectivity index is 2.15. The number of hydrogen-bond acceptors (Lipinski definition) is 4. The van der Waals surface area contributed by atoms with Gasteiger partial charge in [0, 0.05) is 30.5 Å². The van der Waals surface area contributed by atoms with Gasteiger partial charge >= 0.3 is 0 Å². The highest BCUT2D eigenvalue weighted by molar-refractivity contribution is 7.89. The van der Waals surface area contributed by atoms with Gasteiger partial charge in [0.25, 0.3) is 0 Å². The van der Waals surface area contributed by atoms with Gasteiger partial charge in [0.2, 0.25) is 15.9 Å². The molecule has 140 valence electrons. The summed E-state index contributed by atoms with van der Waals surface area (Å²) in [6.07, 6.45) is 0. The zero-order chi connectivity index (χ0) is 19.5. The minimum Gasteiger partial charge on any atom is -0.374 e. The van der Waals surface area contributed by atoms with E-state index in [4.69, 9.17) is 11.6 Å². The highest BCUT2D eigenvalue weighted by Gasteiger charge is 2.21.